The van der Waals surface area contributed by atoms with Crippen molar-refractivity contribution in [3.05, 3.63) is 0 Å². The standard InChI is InChI=1S/C10H14O5/c1-8-4-9(11)6-2-10(8,12)15-7(14-8)5(6)3-13-9/h5-7,11-12H,2-4H2,1H3. The lowest BCUT2D eigenvalue weighted by molar-refractivity contribution is -0.320. The average Bonchev–Trinajstić information content (AvgIpc) is 2.49. The quantitative estimate of drug-likeness (QED) is 0.572. The molecule has 1 aliphatic carbocycles. The molecule has 15 heavy (non-hydrogen) atoms. The van der Waals surface area contributed by atoms with Gasteiger partial charge in [0.2, 0.25) is 0 Å². The predicted octanol–water partition coefficient (Wildman–Crippen LogP) is -0.435. The van der Waals surface area contributed by atoms with E-state index >= 15 is 0 Å². The molecule has 5 nitrogen and oxygen atoms in total. The predicted molar refractivity (Wildman–Crippen MR) is 46.4 cm³/mol. The molecular formula is C10H14O5. The molecule has 4 fully saturated rings. The number of hydrogen-bond acceptors (Lipinski definition) is 5. The van der Waals surface area contributed by atoms with Crippen LogP contribution in [-0.4, -0.2) is 40.3 Å². The number of fused-ring (bicyclic) bond motifs is 2. The highest BCUT2D eigenvalue weighted by atomic mass is 16.8. The fourth-order valence-electron chi connectivity index (χ4n) is 3.65. The summed E-state index contributed by atoms with van der Waals surface area (Å²) < 4.78 is 16.8. The normalized spacial score (nSPS) is 70.2. The summed E-state index contributed by atoms with van der Waals surface area (Å²) in [5, 5.41) is 20.7. The maximum Gasteiger partial charge on any atom is 0.198 e. The summed E-state index contributed by atoms with van der Waals surface area (Å²) in [6.45, 7) is 2.24. The van der Waals surface area contributed by atoms with Gasteiger partial charge in [0, 0.05) is 24.7 Å². The first-order valence-corrected chi connectivity index (χ1v) is 5.40. The van der Waals surface area contributed by atoms with Crippen LogP contribution in [0.5, 0.6) is 0 Å². The molecule has 3 bridgehead atoms. The fraction of sp³-hybridized carbons (Fsp3) is 1.00. The molecule has 84 valence electrons. The lowest BCUT2D eigenvalue weighted by Crippen LogP contribution is -2.63. The van der Waals surface area contributed by atoms with E-state index in [9.17, 15) is 10.2 Å². The van der Waals surface area contributed by atoms with E-state index in [1.54, 1.807) is 6.92 Å². The first kappa shape index (κ1) is 8.90. The Kier molecular flexibility index (Phi) is 1.25. The van der Waals surface area contributed by atoms with E-state index in [2.05, 4.69) is 0 Å². The minimum Gasteiger partial charge on any atom is -0.365 e. The van der Waals surface area contributed by atoms with Gasteiger partial charge in [-0.15, -0.1) is 0 Å². The third-order valence-corrected chi connectivity index (χ3v) is 4.57. The van der Waals surface area contributed by atoms with Gasteiger partial charge in [-0.3, -0.25) is 0 Å². The summed E-state index contributed by atoms with van der Waals surface area (Å²) in [5.41, 5.74) is -0.835. The van der Waals surface area contributed by atoms with Crippen LogP contribution >= 0.6 is 0 Å². The maximum absolute atomic E-state index is 10.3. The van der Waals surface area contributed by atoms with E-state index < -0.39 is 23.5 Å². The Morgan fingerprint density at radius 1 is 1.27 bits per heavy atom. The van der Waals surface area contributed by atoms with Crippen LogP contribution in [0.25, 0.3) is 0 Å². The van der Waals surface area contributed by atoms with Gasteiger partial charge in [-0.2, -0.15) is 0 Å². The van der Waals surface area contributed by atoms with Crippen molar-refractivity contribution in [3.8, 4) is 0 Å². The molecular weight excluding hydrogens is 200 g/mol. The van der Waals surface area contributed by atoms with Crippen LogP contribution in [0.15, 0.2) is 0 Å². The minimum absolute atomic E-state index is 0.0552. The van der Waals surface area contributed by atoms with Gasteiger partial charge in [-0.05, 0) is 6.92 Å². The Balaban J connectivity index is 1.91. The molecule has 3 heterocycles. The zero-order valence-electron chi connectivity index (χ0n) is 8.47. The summed E-state index contributed by atoms with van der Waals surface area (Å²) in [6, 6.07) is 0. The molecule has 1 saturated carbocycles. The zero-order chi connectivity index (χ0) is 10.5. The first-order chi connectivity index (χ1) is 6.96. The molecule has 0 aromatic heterocycles. The molecule has 0 radical (unpaired) electrons. The highest BCUT2D eigenvalue weighted by Crippen LogP contribution is 2.63. The number of rotatable bonds is 0. The van der Waals surface area contributed by atoms with Crippen molar-refractivity contribution in [2.45, 2.75) is 43.2 Å². The highest BCUT2D eigenvalue weighted by Gasteiger charge is 2.75. The molecule has 3 aliphatic heterocycles. The Hall–Kier alpha value is -0.200. The van der Waals surface area contributed by atoms with Crippen LogP contribution in [0.3, 0.4) is 0 Å². The third kappa shape index (κ3) is 0.775. The number of aliphatic hydroxyl groups is 2. The van der Waals surface area contributed by atoms with Crippen molar-refractivity contribution in [1.29, 1.82) is 0 Å². The Bertz CT molecular complexity index is 347. The summed E-state index contributed by atoms with van der Waals surface area (Å²) in [4.78, 5) is 0. The van der Waals surface area contributed by atoms with Gasteiger partial charge in [-0.1, -0.05) is 0 Å². The highest BCUT2D eigenvalue weighted by molar-refractivity contribution is 5.14. The van der Waals surface area contributed by atoms with E-state index in [1.807, 2.05) is 0 Å². The van der Waals surface area contributed by atoms with E-state index in [0.717, 1.165) is 0 Å². The second-order valence-corrected chi connectivity index (χ2v) is 5.43. The van der Waals surface area contributed by atoms with Gasteiger partial charge in [0.05, 0.1) is 6.61 Å². The van der Waals surface area contributed by atoms with Gasteiger partial charge in [0.25, 0.3) is 0 Å². The van der Waals surface area contributed by atoms with Crippen LogP contribution in [0.1, 0.15) is 19.8 Å². The van der Waals surface area contributed by atoms with Crippen molar-refractivity contribution < 1.29 is 24.4 Å². The number of hydrogen-bond donors (Lipinski definition) is 2. The lowest BCUT2D eigenvalue weighted by Gasteiger charge is -2.49. The van der Waals surface area contributed by atoms with Crippen molar-refractivity contribution >= 4 is 0 Å². The molecule has 0 aromatic rings. The van der Waals surface area contributed by atoms with Gasteiger partial charge < -0.3 is 24.4 Å². The van der Waals surface area contributed by atoms with Gasteiger partial charge in [0.1, 0.15) is 5.60 Å². The molecule has 2 N–H and O–H groups in total. The average molecular weight is 214 g/mol. The van der Waals surface area contributed by atoms with Crippen molar-refractivity contribution in [2.24, 2.45) is 11.8 Å². The summed E-state index contributed by atoms with van der Waals surface area (Å²) >= 11 is 0. The Morgan fingerprint density at radius 3 is 2.87 bits per heavy atom. The summed E-state index contributed by atoms with van der Waals surface area (Å²) in [6.07, 6.45) is 0.269. The Labute approximate surface area is 86.9 Å². The zero-order valence-corrected chi connectivity index (χ0v) is 8.47. The van der Waals surface area contributed by atoms with Crippen molar-refractivity contribution in [2.75, 3.05) is 6.61 Å². The smallest absolute Gasteiger partial charge is 0.198 e. The number of ether oxygens (including phenoxy) is 3. The van der Waals surface area contributed by atoms with Crippen LogP contribution in [0.4, 0.5) is 0 Å². The van der Waals surface area contributed by atoms with E-state index in [4.69, 9.17) is 14.2 Å². The molecule has 6 atom stereocenters. The van der Waals surface area contributed by atoms with E-state index in [1.165, 1.54) is 0 Å². The second-order valence-electron chi connectivity index (χ2n) is 5.43. The molecule has 0 aromatic carbocycles. The second kappa shape index (κ2) is 2.10. The molecule has 5 heteroatoms. The molecule has 0 spiro atoms. The minimum atomic E-state index is -1.24. The fourth-order valence-corrected chi connectivity index (χ4v) is 3.65. The topological polar surface area (TPSA) is 68.2 Å². The molecule has 0 amide bonds. The maximum atomic E-state index is 10.3. The lowest BCUT2D eigenvalue weighted by atomic mass is 9.68. The SMILES string of the molecule is CC12CC3(O)OCC4C(O1)OC2(O)CC43. The van der Waals surface area contributed by atoms with Gasteiger partial charge >= 0.3 is 0 Å². The van der Waals surface area contributed by atoms with Crippen LogP contribution in [0.2, 0.25) is 0 Å². The van der Waals surface area contributed by atoms with E-state index in [0.29, 0.717) is 13.0 Å². The van der Waals surface area contributed by atoms with Crippen LogP contribution in [0, 0.1) is 11.8 Å². The van der Waals surface area contributed by atoms with Gasteiger partial charge in [-0.25, -0.2) is 0 Å². The van der Waals surface area contributed by atoms with Gasteiger partial charge in [0.15, 0.2) is 17.9 Å². The molecule has 3 saturated heterocycles. The monoisotopic (exact) mass is 214 g/mol. The molecule has 6 unspecified atom stereocenters. The van der Waals surface area contributed by atoms with Crippen molar-refractivity contribution in [1.82, 2.24) is 0 Å². The summed E-state index contributed by atoms with van der Waals surface area (Å²) in [5.74, 6) is -2.36. The molecule has 4 rings (SSSR count). The van der Waals surface area contributed by atoms with Crippen molar-refractivity contribution in [3.63, 3.8) is 0 Å². The van der Waals surface area contributed by atoms with Crippen LogP contribution < -0.4 is 0 Å². The Morgan fingerprint density at radius 2 is 2.07 bits per heavy atom. The largest absolute Gasteiger partial charge is 0.365 e. The third-order valence-electron chi connectivity index (χ3n) is 4.57. The van der Waals surface area contributed by atoms with E-state index in [-0.39, 0.29) is 18.3 Å². The summed E-state index contributed by atoms with van der Waals surface area (Å²) in [7, 11) is 0. The van der Waals surface area contributed by atoms with Crippen LogP contribution in [-0.2, 0) is 14.2 Å². The first-order valence-electron chi connectivity index (χ1n) is 5.40. The molecule has 4 aliphatic rings.